The van der Waals surface area contributed by atoms with Gasteiger partial charge >= 0.3 is 5.97 Å². The monoisotopic (exact) mass is 316 g/mol. The number of ether oxygens (including phenoxy) is 1. The molecule has 0 saturated carbocycles. The number of aromatic nitrogens is 1. The van der Waals surface area contributed by atoms with Crippen molar-refractivity contribution in [2.24, 2.45) is 0 Å². The van der Waals surface area contributed by atoms with Crippen molar-refractivity contribution in [2.45, 2.75) is 37.8 Å². The highest BCUT2D eigenvalue weighted by molar-refractivity contribution is 5.88. The summed E-state index contributed by atoms with van der Waals surface area (Å²) in [4.78, 5) is 26.8. The molecule has 1 amide bonds. The van der Waals surface area contributed by atoms with Crippen LogP contribution in [0.15, 0.2) is 30.5 Å². The zero-order valence-corrected chi connectivity index (χ0v) is 12.7. The van der Waals surface area contributed by atoms with E-state index in [9.17, 15) is 14.7 Å². The van der Waals surface area contributed by atoms with E-state index in [1.54, 1.807) is 6.20 Å². The summed E-state index contributed by atoms with van der Waals surface area (Å²) in [7, 11) is 0. The normalized spacial score (nSPS) is 19.4. The Morgan fingerprint density at radius 2 is 2.17 bits per heavy atom. The van der Waals surface area contributed by atoms with Crippen molar-refractivity contribution in [2.75, 3.05) is 6.61 Å². The molecule has 0 aliphatic carbocycles. The number of carboxylic acids is 1. The Morgan fingerprint density at radius 1 is 1.35 bits per heavy atom. The fourth-order valence-corrected chi connectivity index (χ4v) is 2.93. The Balaban J connectivity index is 1.71. The largest absolute Gasteiger partial charge is 0.480 e. The maximum Gasteiger partial charge on any atom is 0.326 e. The van der Waals surface area contributed by atoms with Gasteiger partial charge in [-0.05, 0) is 30.9 Å². The topological polar surface area (TPSA) is 91.4 Å². The van der Waals surface area contributed by atoms with Crippen LogP contribution in [0.1, 0.15) is 24.8 Å². The van der Waals surface area contributed by atoms with E-state index >= 15 is 0 Å². The van der Waals surface area contributed by atoms with Crippen molar-refractivity contribution >= 4 is 22.8 Å². The summed E-state index contributed by atoms with van der Waals surface area (Å²) in [6.45, 7) is 0.554. The number of hydrogen-bond acceptors (Lipinski definition) is 3. The van der Waals surface area contributed by atoms with E-state index < -0.39 is 18.1 Å². The average molecular weight is 316 g/mol. The molecule has 6 nitrogen and oxygen atoms in total. The number of hydrogen-bond donors (Lipinski definition) is 3. The number of aliphatic carboxylic acids is 1. The molecule has 3 N–H and O–H groups in total. The van der Waals surface area contributed by atoms with Gasteiger partial charge in [0, 0.05) is 30.1 Å². The first-order valence-electron chi connectivity index (χ1n) is 7.85. The minimum Gasteiger partial charge on any atom is -0.480 e. The van der Waals surface area contributed by atoms with E-state index in [-0.39, 0.29) is 12.3 Å². The molecular formula is C17H20N2O4. The first kappa shape index (κ1) is 15.6. The lowest BCUT2D eigenvalue weighted by Gasteiger charge is -2.23. The van der Waals surface area contributed by atoms with Crippen LogP contribution in [0.5, 0.6) is 0 Å². The van der Waals surface area contributed by atoms with Crippen LogP contribution >= 0.6 is 0 Å². The van der Waals surface area contributed by atoms with Gasteiger partial charge in [-0.15, -0.1) is 0 Å². The second-order valence-electron chi connectivity index (χ2n) is 5.82. The molecule has 1 fully saturated rings. The summed E-state index contributed by atoms with van der Waals surface area (Å²) in [6.07, 6.45) is 4.01. The maximum atomic E-state index is 12.2. The van der Waals surface area contributed by atoms with Gasteiger partial charge in [0.05, 0.1) is 0 Å². The fourth-order valence-electron chi connectivity index (χ4n) is 2.93. The van der Waals surface area contributed by atoms with E-state index in [1.165, 1.54) is 0 Å². The van der Waals surface area contributed by atoms with Crippen LogP contribution < -0.4 is 5.32 Å². The van der Waals surface area contributed by atoms with Crippen molar-refractivity contribution in [3.8, 4) is 0 Å². The van der Waals surface area contributed by atoms with Gasteiger partial charge in [0.1, 0.15) is 12.1 Å². The van der Waals surface area contributed by atoms with Crippen LogP contribution in [0.25, 0.3) is 10.9 Å². The highest BCUT2D eigenvalue weighted by Gasteiger charge is 2.27. The number of aromatic amines is 1. The zero-order chi connectivity index (χ0) is 16.2. The van der Waals surface area contributed by atoms with E-state index in [0.717, 1.165) is 29.3 Å². The molecule has 1 saturated heterocycles. The number of nitrogens with one attached hydrogen (secondary N) is 2. The molecule has 0 bridgehead atoms. The molecule has 1 aliphatic rings. The van der Waals surface area contributed by atoms with Crippen molar-refractivity contribution < 1.29 is 19.4 Å². The lowest BCUT2D eigenvalue weighted by Crippen LogP contribution is -2.48. The molecule has 2 atom stereocenters. The van der Waals surface area contributed by atoms with Gasteiger partial charge in [-0.2, -0.15) is 0 Å². The number of carbonyl (C=O) groups is 2. The molecule has 2 aromatic rings. The van der Waals surface area contributed by atoms with E-state index in [1.807, 2.05) is 24.3 Å². The second-order valence-corrected chi connectivity index (χ2v) is 5.82. The lowest BCUT2D eigenvalue weighted by atomic mass is 10.0. The number of rotatable bonds is 5. The quantitative estimate of drug-likeness (QED) is 0.785. The third kappa shape index (κ3) is 3.53. The van der Waals surface area contributed by atoms with Gasteiger partial charge in [-0.1, -0.05) is 18.2 Å². The van der Waals surface area contributed by atoms with Gasteiger partial charge in [-0.25, -0.2) is 4.79 Å². The highest BCUT2D eigenvalue weighted by atomic mass is 16.5. The average Bonchev–Trinajstić information content (AvgIpc) is 2.98. The van der Waals surface area contributed by atoms with E-state index in [2.05, 4.69) is 10.3 Å². The first-order chi connectivity index (χ1) is 11.1. The van der Waals surface area contributed by atoms with Crippen molar-refractivity contribution in [1.82, 2.24) is 10.3 Å². The second kappa shape index (κ2) is 6.83. The smallest absolute Gasteiger partial charge is 0.326 e. The molecule has 0 spiro atoms. The number of H-pyrrole nitrogens is 1. The minimum atomic E-state index is -1.04. The summed E-state index contributed by atoms with van der Waals surface area (Å²) in [5.74, 6) is -1.38. The Morgan fingerprint density at radius 3 is 2.91 bits per heavy atom. The molecule has 3 rings (SSSR count). The molecular weight excluding hydrogens is 296 g/mol. The van der Waals surface area contributed by atoms with Crippen LogP contribution in [0, 0.1) is 0 Å². The molecule has 1 aliphatic heterocycles. The van der Waals surface area contributed by atoms with Gasteiger partial charge in [-0.3, -0.25) is 4.79 Å². The predicted molar refractivity (Wildman–Crippen MR) is 85.2 cm³/mol. The molecule has 0 radical (unpaired) electrons. The Labute approximate surface area is 133 Å². The van der Waals surface area contributed by atoms with Crippen molar-refractivity contribution in [1.29, 1.82) is 0 Å². The van der Waals surface area contributed by atoms with Crippen molar-refractivity contribution in [3.05, 3.63) is 36.0 Å². The SMILES string of the molecule is O=C(N[C@H](Cc1c[nH]c2ccccc12)C(=O)O)[C@@H]1CCCCO1. The lowest BCUT2D eigenvalue weighted by molar-refractivity contribution is -0.145. The molecule has 1 aromatic heterocycles. The number of fused-ring (bicyclic) bond motifs is 1. The van der Waals surface area contributed by atoms with Crippen molar-refractivity contribution in [3.63, 3.8) is 0 Å². The van der Waals surface area contributed by atoms with E-state index in [0.29, 0.717) is 13.0 Å². The molecule has 6 heteroatoms. The molecule has 0 unspecified atom stereocenters. The molecule has 23 heavy (non-hydrogen) atoms. The number of para-hydroxylation sites is 1. The standard InChI is InChI=1S/C17H20N2O4/c20-16(15-7-3-4-8-23-15)19-14(17(21)22)9-11-10-18-13-6-2-1-5-12(11)13/h1-2,5-6,10,14-15,18H,3-4,7-9H2,(H,19,20)(H,21,22)/t14-,15+/m1/s1. The third-order valence-electron chi connectivity index (χ3n) is 4.19. The maximum absolute atomic E-state index is 12.2. The summed E-state index contributed by atoms with van der Waals surface area (Å²) in [5, 5.41) is 13.0. The Hall–Kier alpha value is -2.34. The summed E-state index contributed by atoms with van der Waals surface area (Å²) in [5.41, 5.74) is 1.83. The highest BCUT2D eigenvalue weighted by Crippen LogP contribution is 2.19. The number of benzene rings is 1. The van der Waals surface area contributed by atoms with Gasteiger partial charge in [0.15, 0.2) is 0 Å². The summed E-state index contributed by atoms with van der Waals surface area (Å²) < 4.78 is 5.41. The van der Waals surface area contributed by atoms with Crippen LogP contribution in [0.3, 0.4) is 0 Å². The molecule has 122 valence electrons. The van der Waals surface area contributed by atoms with Gasteiger partial charge < -0.3 is 20.1 Å². The number of carbonyl (C=O) groups excluding carboxylic acids is 1. The van der Waals surface area contributed by atoms with Crippen LogP contribution in [-0.2, 0) is 20.7 Å². The van der Waals surface area contributed by atoms with E-state index in [4.69, 9.17) is 4.74 Å². The van der Waals surface area contributed by atoms with Gasteiger partial charge in [0.25, 0.3) is 0 Å². The summed E-state index contributed by atoms with van der Waals surface area (Å²) >= 11 is 0. The summed E-state index contributed by atoms with van der Waals surface area (Å²) in [6, 6.07) is 6.73. The van der Waals surface area contributed by atoms with Crippen LogP contribution in [0.2, 0.25) is 0 Å². The minimum absolute atomic E-state index is 0.234. The third-order valence-corrected chi connectivity index (χ3v) is 4.19. The number of amides is 1. The van der Waals surface area contributed by atoms with Crippen LogP contribution in [-0.4, -0.2) is 40.7 Å². The zero-order valence-electron chi connectivity index (χ0n) is 12.7. The Bertz CT molecular complexity index is 703. The first-order valence-corrected chi connectivity index (χ1v) is 7.85. The van der Waals surface area contributed by atoms with Gasteiger partial charge in [0.2, 0.25) is 5.91 Å². The molecule has 2 heterocycles. The Kier molecular flexibility index (Phi) is 4.62. The predicted octanol–water partition coefficient (Wildman–Crippen LogP) is 1.85. The fraction of sp³-hybridized carbons (Fsp3) is 0.412. The molecule has 1 aromatic carbocycles. The van der Waals surface area contributed by atoms with Crippen LogP contribution in [0.4, 0.5) is 0 Å². The number of carboxylic acid groups (broad SMARTS) is 1.